The first kappa shape index (κ1) is 24.7. The molecule has 1 unspecified atom stereocenters. The summed E-state index contributed by atoms with van der Waals surface area (Å²) in [6, 6.07) is 10.7. The van der Waals surface area contributed by atoms with E-state index in [4.69, 9.17) is 9.72 Å². The van der Waals surface area contributed by atoms with Gasteiger partial charge in [0, 0.05) is 31.5 Å². The molecule has 37 heavy (non-hydrogen) atoms. The van der Waals surface area contributed by atoms with E-state index in [0.29, 0.717) is 41.5 Å². The van der Waals surface area contributed by atoms with Crippen LogP contribution in [0.4, 0.5) is 22.1 Å². The van der Waals surface area contributed by atoms with Crippen LogP contribution in [0.25, 0.3) is 11.0 Å². The first-order valence-corrected chi connectivity index (χ1v) is 12.3. The molecule has 1 aliphatic rings. The van der Waals surface area contributed by atoms with Crippen molar-refractivity contribution in [3.05, 3.63) is 65.2 Å². The first-order chi connectivity index (χ1) is 17.9. The Labute approximate surface area is 220 Å². The lowest BCUT2D eigenvalue weighted by Gasteiger charge is -2.40. The van der Waals surface area contributed by atoms with Crippen LogP contribution in [0.15, 0.2) is 59.6 Å². The minimum atomic E-state index is -1.05. The average Bonchev–Trinajstić information content (AvgIpc) is 2.90. The number of benzene rings is 1. The molecule has 0 bridgehead atoms. The van der Waals surface area contributed by atoms with Crippen molar-refractivity contribution in [2.75, 3.05) is 36.5 Å². The van der Waals surface area contributed by atoms with Crippen molar-refractivity contribution in [3.63, 3.8) is 0 Å². The summed E-state index contributed by atoms with van der Waals surface area (Å²) in [5, 5.41) is 22.5. The van der Waals surface area contributed by atoms with Crippen LogP contribution >= 0.6 is 15.9 Å². The van der Waals surface area contributed by atoms with Crippen molar-refractivity contribution in [2.24, 2.45) is 0 Å². The van der Waals surface area contributed by atoms with Gasteiger partial charge in [-0.25, -0.2) is 19.7 Å². The van der Waals surface area contributed by atoms with E-state index in [9.17, 15) is 15.0 Å². The molecular formula is C25H24BrN7O4. The number of nitrogens with one attached hydrogen (secondary N) is 1. The second kappa shape index (κ2) is 10.5. The number of hydrogen-bond donors (Lipinski definition) is 3. The molecule has 3 aromatic heterocycles. The number of anilines is 3. The molecule has 1 amide bonds. The number of pyridine rings is 2. The Kier molecular flexibility index (Phi) is 7.01. The van der Waals surface area contributed by atoms with Gasteiger partial charge in [-0.05, 0) is 64.8 Å². The Morgan fingerprint density at radius 2 is 2.11 bits per heavy atom. The van der Waals surface area contributed by atoms with Crippen molar-refractivity contribution < 1.29 is 19.7 Å². The van der Waals surface area contributed by atoms with E-state index in [0.717, 1.165) is 21.5 Å². The molecule has 11 nitrogen and oxygen atoms in total. The number of aliphatic hydroxyl groups is 1. The molecule has 3 N–H and O–H groups in total. The first-order valence-electron chi connectivity index (χ1n) is 11.5. The zero-order valence-electron chi connectivity index (χ0n) is 19.9. The Morgan fingerprint density at radius 3 is 2.84 bits per heavy atom. The van der Waals surface area contributed by atoms with Gasteiger partial charge in [0.15, 0.2) is 5.82 Å². The molecule has 0 aliphatic carbocycles. The number of ether oxygens (including phenoxy) is 1. The van der Waals surface area contributed by atoms with Crippen LogP contribution in [0.3, 0.4) is 0 Å². The van der Waals surface area contributed by atoms with Gasteiger partial charge in [-0.2, -0.15) is 0 Å². The smallest absolute Gasteiger partial charge is 0.407 e. The summed E-state index contributed by atoms with van der Waals surface area (Å²) < 4.78 is 6.64. The van der Waals surface area contributed by atoms with Gasteiger partial charge in [0.2, 0.25) is 0 Å². The lowest BCUT2D eigenvalue weighted by molar-refractivity contribution is 0.0909. The quantitative estimate of drug-likeness (QED) is 0.312. The number of aromatic nitrogens is 4. The molecule has 1 atom stereocenters. The van der Waals surface area contributed by atoms with Gasteiger partial charge >= 0.3 is 6.09 Å². The highest BCUT2D eigenvalue weighted by Crippen LogP contribution is 2.33. The lowest BCUT2D eigenvalue weighted by Crippen LogP contribution is -2.56. The highest BCUT2D eigenvalue weighted by Gasteiger charge is 2.31. The molecule has 0 spiro atoms. The second-order valence-electron chi connectivity index (χ2n) is 8.54. The lowest BCUT2D eigenvalue weighted by atomic mass is 10.2. The number of rotatable bonds is 6. The maximum Gasteiger partial charge on any atom is 0.407 e. The minimum Gasteiger partial charge on any atom is -0.465 e. The van der Waals surface area contributed by atoms with Crippen molar-refractivity contribution in [3.8, 4) is 11.5 Å². The number of carbonyl (C=O) groups is 1. The van der Waals surface area contributed by atoms with Gasteiger partial charge in [0.1, 0.15) is 29.2 Å². The van der Waals surface area contributed by atoms with E-state index in [1.165, 1.54) is 11.2 Å². The molecule has 4 aromatic rings. The number of aliphatic hydroxyl groups excluding tert-OH is 1. The van der Waals surface area contributed by atoms with Crippen LogP contribution in [0.2, 0.25) is 0 Å². The SMILES string of the molecule is Cc1cc(Nc2ncnc3cc(Br)c(N4CCN(C(=O)O)C(CO)C4)nc23)ccc1Oc1cccnc1. The zero-order chi connectivity index (χ0) is 25.9. The second-order valence-corrected chi connectivity index (χ2v) is 9.39. The maximum atomic E-state index is 11.5. The van der Waals surface area contributed by atoms with Gasteiger partial charge in [-0.1, -0.05) is 0 Å². The van der Waals surface area contributed by atoms with Crippen LogP contribution in [0, 0.1) is 6.92 Å². The summed E-state index contributed by atoms with van der Waals surface area (Å²) >= 11 is 3.58. The summed E-state index contributed by atoms with van der Waals surface area (Å²) in [7, 11) is 0. The van der Waals surface area contributed by atoms with Crippen LogP contribution in [-0.2, 0) is 0 Å². The summed E-state index contributed by atoms with van der Waals surface area (Å²) in [5.74, 6) is 2.53. The summed E-state index contributed by atoms with van der Waals surface area (Å²) in [4.78, 5) is 32.4. The van der Waals surface area contributed by atoms with Crippen LogP contribution in [0.1, 0.15) is 5.56 Å². The predicted molar refractivity (Wildman–Crippen MR) is 142 cm³/mol. The molecule has 12 heteroatoms. The molecular weight excluding hydrogens is 542 g/mol. The molecule has 1 fully saturated rings. The van der Waals surface area contributed by atoms with E-state index >= 15 is 0 Å². The molecule has 1 aliphatic heterocycles. The summed E-state index contributed by atoms with van der Waals surface area (Å²) in [5.41, 5.74) is 2.94. The number of amides is 1. The number of hydrogen-bond acceptors (Lipinski definition) is 9. The van der Waals surface area contributed by atoms with E-state index in [1.54, 1.807) is 12.4 Å². The highest BCUT2D eigenvalue weighted by molar-refractivity contribution is 9.10. The molecule has 5 rings (SSSR count). The third-order valence-electron chi connectivity index (χ3n) is 6.08. The molecule has 4 heterocycles. The zero-order valence-corrected chi connectivity index (χ0v) is 21.5. The molecule has 0 radical (unpaired) electrons. The number of carboxylic acid groups (broad SMARTS) is 1. The summed E-state index contributed by atoms with van der Waals surface area (Å²) in [6.07, 6.45) is 3.77. The minimum absolute atomic E-state index is 0.260. The van der Waals surface area contributed by atoms with Crippen molar-refractivity contribution in [2.45, 2.75) is 13.0 Å². The third kappa shape index (κ3) is 5.25. The van der Waals surface area contributed by atoms with Crippen LogP contribution < -0.4 is 15.0 Å². The highest BCUT2D eigenvalue weighted by atomic mass is 79.9. The normalized spacial score (nSPS) is 15.6. The standard InChI is InChI=1S/C25H24BrN7O4/c1-15-9-16(4-5-21(15)37-18-3-2-6-27-11-18)30-23-22-20(28-14-29-23)10-19(26)24(31-22)32-7-8-33(25(35)36)17(12-32)13-34/h2-6,9-11,14,17,34H,7-8,12-13H2,1H3,(H,35,36)(H,28,29,30). The number of piperazine rings is 1. The largest absolute Gasteiger partial charge is 0.465 e. The van der Waals surface area contributed by atoms with Gasteiger partial charge in [-0.3, -0.25) is 9.88 Å². The van der Waals surface area contributed by atoms with Crippen molar-refractivity contribution >= 4 is 50.4 Å². The van der Waals surface area contributed by atoms with E-state index in [2.05, 4.69) is 36.2 Å². The third-order valence-corrected chi connectivity index (χ3v) is 6.67. The molecule has 1 saturated heterocycles. The van der Waals surface area contributed by atoms with Gasteiger partial charge in [0.25, 0.3) is 0 Å². The van der Waals surface area contributed by atoms with Gasteiger partial charge in [-0.15, -0.1) is 0 Å². The van der Waals surface area contributed by atoms with E-state index in [1.807, 2.05) is 48.2 Å². The topological polar surface area (TPSA) is 137 Å². The molecule has 190 valence electrons. The van der Waals surface area contributed by atoms with E-state index in [-0.39, 0.29) is 13.2 Å². The fraction of sp³-hybridized carbons (Fsp3) is 0.240. The Hall–Kier alpha value is -4.03. The van der Waals surface area contributed by atoms with Crippen LogP contribution in [0.5, 0.6) is 11.5 Å². The Bertz CT molecular complexity index is 1440. The van der Waals surface area contributed by atoms with Crippen molar-refractivity contribution in [1.82, 2.24) is 24.8 Å². The molecule has 1 aromatic carbocycles. The Morgan fingerprint density at radius 1 is 1.24 bits per heavy atom. The molecule has 0 saturated carbocycles. The van der Waals surface area contributed by atoms with Crippen molar-refractivity contribution in [1.29, 1.82) is 0 Å². The number of fused-ring (bicyclic) bond motifs is 1. The average molecular weight is 566 g/mol. The predicted octanol–water partition coefficient (Wildman–Crippen LogP) is 4.19. The van der Waals surface area contributed by atoms with E-state index < -0.39 is 12.1 Å². The number of aryl methyl sites for hydroxylation is 1. The van der Waals surface area contributed by atoms with Gasteiger partial charge < -0.3 is 25.2 Å². The van der Waals surface area contributed by atoms with Crippen LogP contribution in [-0.4, -0.2) is 73.4 Å². The summed E-state index contributed by atoms with van der Waals surface area (Å²) in [6.45, 7) is 2.69. The number of nitrogens with zero attached hydrogens (tertiary/aromatic N) is 6. The fourth-order valence-corrected chi connectivity index (χ4v) is 4.79. The fourth-order valence-electron chi connectivity index (χ4n) is 4.23. The monoisotopic (exact) mass is 565 g/mol. The maximum absolute atomic E-state index is 11.5. The number of halogens is 1. The Balaban J connectivity index is 1.42. The van der Waals surface area contributed by atoms with Gasteiger partial charge in [0.05, 0.1) is 28.8 Å².